The number of nitrogens with one attached hydrogen (secondary N) is 1. The van der Waals surface area contributed by atoms with Gasteiger partial charge in [0.1, 0.15) is 9.74 Å². The molecule has 5 nitrogen and oxygen atoms in total. The Bertz CT molecular complexity index is 622. The average Bonchev–Trinajstić information content (AvgIpc) is 2.27. The van der Waals surface area contributed by atoms with E-state index in [2.05, 4.69) is 5.32 Å². The molecule has 0 unspecified atom stereocenters. The highest BCUT2D eigenvalue weighted by Gasteiger charge is 2.38. The molecule has 7 heteroatoms. The van der Waals surface area contributed by atoms with Gasteiger partial charge in [0, 0.05) is 17.5 Å². The fourth-order valence-corrected chi connectivity index (χ4v) is 1.71. The van der Waals surface area contributed by atoms with Crippen LogP contribution in [0.5, 0.6) is 0 Å². The predicted octanol–water partition coefficient (Wildman–Crippen LogP) is 1.08. The summed E-state index contributed by atoms with van der Waals surface area (Å²) in [6.07, 6.45) is 1.03. The van der Waals surface area contributed by atoms with Crippen LogP contribution in [0.2, 0.25) is 0 Å². The second-order valence-electron chi connectivity index (χ2n) is 4.68. The number of carbonyl (C=O) groups is 1. The van der Waals surface area contributed by atoms with E-state index in [1.165, 1.54) is 13.8 Å². The minimum atomic E-state index is -3.51. The van der Waals surface area contributed by atoms with Crippen LogP contribution in [-0.2, 0) is 14.6 Å². The summed E-state index contributed by atoms with van der Waals surface area (Å²) in [5.74, 6) is -0.602. The highest BCUT2D eigenvalue weighted by atomic mass is 32.2. The molecule has 0 heterocycles. The van der Waals surface area contributed by atoms with Crippen LogP contribution in [0, 0.1) is 0 Å². The lowest BCUT2D eigenvalue weighted by Crippen LogP contribution is -2.43. The zero-order valence-electron chi connectivity index (χ0n) is 10.9. The zero-order valence-corrected chi connectivity index (χ0v) is 12.6. The lowest BCUT2D eigenvalue weighted by atomic mass is 10.1. The molecule has 1 amide bonds. The first-order valence-electron chi connectivity index (χ1n) is 5.46. The predicted molar refractivity (Wildman–Crippen MR) is 79.9 cm³/mol. The lowest BCUT2D eigenvalue weighted by molar-refractivity contribution is -0.117. The Labute approximate surface area is 118 Å². The van der Waals surface area contributed by atoms with Crippen LogP contribution in [0.1, 0.15) is 19.4 Å². The molecule has 0 fully saturated rings. The van der Waals surface area contributed by atoms with E-state index in [1.807, 2.05) is 0 Å². The largest absolute Gasteiger partial charge is 0.389 e. The van der Waals surface area contributed by atoms with Crippen molar-refractivity contribution in [3.05, 3.63) is 29.8 Å². The summed E-state index contributed by atoms with van der Waals surface area (Å²) in [6, 6.07) is 6.62. The minimum absolute atomic E-state index is 0.207. The fraction of sp³-hybridized carbons (Fsp3) is 0.333. The molecule has 0 bridgehead atoms. The Morgan fingerprint density at radius 2 is 1.95 bits per heavy atom. The second kappa shape index (κ2) is 5.26. The molecule has 0 radical (unpaired) electrons. The molecule has 1 aromatic carbocycles. The molecule has 0 spiro atoms. The number of benzene rings is 1. The van der Waals surface area contributed by atoms with Gasteiger partial charge in [0.15, 0.2) is 9.84 Å². The maximum absolute atomic E-state index is 12.0. The SMILES string of the molecule is CC(C)(C(=O)Nc1cccc(C(N)=S)c1)S(C)(=O)=O. The van der Waals surface area contributed by atoms with Gasteiger partial charge in [-0.15, -0.1) is 0 Å². The van der Waals surface area contributed by atoms with Crippen molar-refractivity contribution >= 4 is 38.6 Å². The van der Waals surface area contributed by atoms with Crippen molar-refractivity contribution in [2.45, 2.75) is 18.6 Å². The molecule has 0 aliphatic carbocycles. The second-order valence-corrected chi connectivity index (χ2v) is 7.69. The molecule has 0 aliphatic heterocycles. The fourth-order valence-electron chi connectivity index (χ4n) is 1.20. The molecule has 0 atom stereocenters. The first-order valence-corrected chi connectivity index (χ1v) is 7.76. The summed E-state index contributed by atoms with van der Waals surface area (Å²) >= 11 is 4.84. The summed E-state index contributed by atoms with van der Waals surface area (Å²) in [5.41, 5.74) is 6.54. The van der Waals surface area contributed by atoms with Gasteiger partial charge in [-0.25, -0.2) is 8.42 Å². The number of hydrogen-bond acceptors (Lipinski definition) is 4. The third-order valence-electron chi connectivity index (χ3n) is 2.88. The lowest BCUT2D eigenvalue weighted by Gasteiger charge is -2.21. The highest BCUT2D eigenvalue weighted by molar-refractivity contribution is 7.92. The molecule has 104 valence electrons. The van der Waals surface area contributed by atoms with Crippen LogP contribution in [0.25, 0.3) is 0 Å². The van der Waals surface area contributed by atoms with Gasteiger partial charge < -0.3 is 11.1 Å². The number of hydrogen-bond donors (Lipinski definition) is 2. The van der Waals surface area contributed by atoms with Crippen LogP contribution in [0.3, 0.4) is 0 Å². The molecule has 0 saturated carbocycles. The Hall–Kier alpha value is -1.47. The normalized spacial score (nSPS) is 11.9. The van der Waals surface area contributed by atoms with Gasteiger partial charge in [-0.1, -0.05) is 24.4 Å². The average molecular weight is 300 g/mol. The number of sulfone groups is 1. The smallest absolute Gasteiger partial charge is 0.245 e. The van der Waals surface area contributed by atoms with Crippen LogP contribution in [0.4, 0.5) is 5.69 Å². The quantitative estimate of drug-likeness (QED) is 0.812. The molecular formula is C12H16N2O3S2. The third kappa shape index (κ3) is 3.51. The van der Waals surface area contributed by atoms with Crippen molar-refractivity contribution in [2.75, 3.05) is 11.6 Å². The molecule has 0 aliphatic rings. The van der Waals surface area contributed by atoms with Gasteiger partial charge in [-0.3, -0.25) is 4.79 Å². The van der Waals surface area contributed by atoms with Crippen molar-refractivity contribution in [2.24, 2.45) is 5.73 Å². The van der Waals surface area contributed by atoms with E-state index in [-0.39, 0.29) is 4.99 Å². The summed E-state index contributed by atoms with van der Waals surface area (Å²) in [6.45, 7) is 2.71. The van der Waals surface area contributed by atoms with Gasteiger partial charge in [0.2, 0.25) is 5.91 Å². The first kappa shape index (κ1) is 15.6. The molecule has 19 heavy (non-hydrogen) atoms. The monoisotopic (exact) mass is 300 g/mol. The number of amides is 1. The van der Waals surface area contributed by atoms with E-state index in [1.54, 1.807) is 24.3 Å². The summed E-state index contributed by atoms with van der Waals surface area (Å²) in [7, 11) is -3.51. The summed E-state index contributed by atoms with van der Waals surface area (Å²) in [5, 5.41) is 2.55. The van der Waals surface area contributed by atoms with Gasteiger partial charge in [-0.05, 0) is 26.0 Å². The van der Waals surface area contributed by atoms with Gasteiger partial charge in [-0.2, -0.15) is 0 Å². The minimum Gasteiger partial charge on any atom is -0.389 e. The van der Waals surface area contributed by atoms with Gasteiger partial charge in [0.05, 0.1) is 0 Å². The van der Waals surface area contributed by atoms with E-state index < -0.39 is 20.5 Å². The van der Waals surface area contributed by atoms with E-state index in [0.29, 0.717) is 11.3 Å². The molecule has 1 aromatic rings. The van der Waals surface area contributed by atoms with Crippen molar-refractivity contribution in [3.63, 3.8) is 0 Å². The van der Waals surface area contributed by atoms with E-state index >= 15 is 0 Å². The Morgan fingerprint density at radius 3 is 2.42 bits per heavy atom. The molecular weight excluding hydrogens is 284 g/mol. The molecule has 3 N–H and O–H groups in total. The Morgan fingerprint density at radius 1 is 1.37 bits per heavy atom. The maximum Gasteiger partial charge on any atom is 0.245 e. The highest BCUT2D eigenvalue weighted by Crippen LogP contribution is 2.19. The van der Waals surface area contributed by atoms with Crippen molar-refractivity contribution in [1.82, 2.24) is 0 Å². The van der Waals surface area contributed by atoms with Crippen LogP contribution in [0.15, 0.2) is 24.3 Å². The molecule has 0 saturated heterocycles. The van der Waals surface area contributed by atoms with Crippen molar-refractivity contribution < 1.29 is 13.2 Å². The van der Waals surface area contributed by atoms with Crippen molar-refractivity contribution in [3.8, 4) is 0 Å². The summed E-state index contributed by atoms with van der Waals surface area (Å²) < 4.78 is 21.6. The summed E-state index contributed by atoms with van der Waals surface area (Å²) in [4.78, 5) is 12.2. The van der Waals surface area contributed by atoms with E-state index in [9.17, 15) is 13.2 Å². The Balaban J connectivity index is 3.01. The van der Waals surface area contributed by atoms with Gasteiger partial charge in [0.25, 0.3) is 0 Å². The first-order chi connectivity index (χ1) is 8.55. The number of nitrogens with two attached hydrogens (primary N) is 1. The Kier molecular flexibility index (Phi) is 4.32. The van der Waals surface area contributed by atoms with Crippen LogP contribution >= 0.6 is 12.2 Å². The number of thiocarbonyl (C=S) groups is 1. The standard InChI is InChI=1S/C12H16N2O3S2/c1-12(2,19(3,16)17)11(15)14-9-6-4-5-8(7-9)10(13)18/h4-7H,1-3H3,(H2,13,18)(H,14,15). The van der Waals surface area contributed by atoms with Crippen LogP contribution < -0.4 is 11.1 Å². The van der Waals surface area contributed by atoms with Crippen molar-refractivity contribution in [1.29, 1.82) is 0 Å². The third-order valence-corrected chi connectivity index (χ3v) is 5.15. The number of carbonyl (C=O) groups excluding carboxylic acids is 1. The molecule has 0 aromatic heterocycles. The molecule has 1 rings (SSSR count). The van der Waals surface area contributed by atoms with E-state index in [4.69, 9.17) is 18.0 Å². The number of rotatable bonds is 4. The van der Waals surface area contributed by atoms with E-state index in [0.717, 1.165) is 6.26 Å². The zero-order chi connectivity index (χ0) is 14.8. The maximum atomic E-state index is 12.0. The van der Waals surface area contributed by atoms with Crippen LogP contribution in [-0.4, -0.2) is 30.3 Å². The van der Waals surface area contributed by atoms with Gasteiger partial charge >= 0.3 is 0 Å². The number of anilines is 1. The topological polar surface area (TPSA) is 89.3 Å².